The van der Waals surface area contributed by atoms with Gasteiger partial charge in [0.05, 0.1) is 0 Å². The number of hydrogen-bond donors (Lipinski definition) is 3. The minimum absolute atomic E-state index is 0.0168. The van der Waals surface area contributed by atoms with Crippen LogP contribution in [0.2, 0.25) is 0 Å². The van der Waals surface area contributed by atoms with E-state index in [0.29, 0.717) is 12.2 Å². The van der Waals surface area contributed by atoms with Crippen LogP contribution in [0, 0.1) is 0 Å². The van der Waals surface area contributed by atoms with E-state index in [0.717, 1.165) is 19.3 Å². The molecule has 0 radical (unpaired) electrons. The Morgan fingerprint density at radius 2 is 2.09 bits per heavy atom. The molecule has 0 aromatic heterocycles. The number of phenolic OH excluding ortho intramolecular Hbond substituents is 2. The van der Waals surface area contributed by atoms with Crippen LogP contribution in [-0.2, 0) is 20.7 Å². The standard InChI is InChI=1S/C17H25NO5/c1-3-5-6-10-23-17(18,16(21)22-9-4-2)12-13-7-8-14(19)15(20)11-13/h4,7-8,11,19-20H,2-3,5-6,9-10,12,18H2,1H3. The van der Waals surface area contributed by atoms with Gasteiger partial charge in [0.1, 0.15) is 6.61 Å². The largest absolute Gasteiger partial charge is 0.504 e. The van der Waals surface area contributed by atoms with Crippen LogP contribution < -0.4 is 5.73 Å². The highest BCUT2D eigenvalue weighted by atomic mass is 16.6. The second-order valence-electron chi connectivity index (χ2n) is 5.33. The lowest BCUT2D eigenvalue weighted by atomic mass is 10.0. The number of aromatic hydroxyl groups is 2. The maximum Gasteiger partial charge on any atom is 0.354 e. The first kappa shape index (κ1) is 19.0. The summed E-state index contributed by atoms with van der Waals surface area (Å²) in [6.45, 7) is 5.92. The molecule has 1 unspecified atom stereocenters. The molecule has 6 heteroatoms. The second kappa shape index (κ2) is 9.17. The first-order valence-electron chi connectivity index (χ1n) is 7.64. The van der Waals surface area contributed by atoms with Crippen molar-refractivity contribution in [3.63, 3.8) is 0 Å². The van der Waals surface area contributed by atoms with E-state index in [9.17, 15) is 15.0 Å². The van der Waals surface area contributed by atoms with Gasteiger partial charge in [0.25, 0.3) is 0 Å². The van der Waals surface area contributed by atoms with Crippen LogP contribution in [0.15, 0.2) is 30.9 Å². The van der Waals surface area contributed by atoms with Crippen LogP contribution >= 0.6 is 0 Å². The highest BCUT2D eigenvalue weighted by molar-refractivity contribution is 5.79. The Morgan fingerprint density at radius 3 is 2.70 bits per heavy atom. The van der Waals surface area contributed by atoms with Crippen molar-refractivity contribution in [1.29, 1.82) is 0 Å². The molecule has 1 rings (SSSR count). The zero-order chi connectivity index (χ0) is 17.3. The second-order valence-corrected chi connectivity index (χ2v) is 5.33. The molecule has 128 valence electrons. The average Bonchev–Trinajstić information content (AvgIpc) is 2.53. The van der Waals surface area contributed by atoms with E-state index in [2.05, 4.69) is 13.5 Å². The van der Waals surface area contributed by atoms with Gasteiger partial charge in [-0.2, -0.15) is 0 Å². The molecule has 0 saturated heterocycles. The molecule has 0 bridgehead atoms. The van der Waals surface area contributed by atoms with Gasteiger partial charge in [-0.25, -0.2) is 4.79 Å². The van der Waals surface area contributed by atoms with Crippen molar-refractivity contribution in [1.82, 2.24) is 0 Å². The van der Waals surface area contributed by atoms with Gasteiger partial charge in [-0.05, 0) is 24.1 Å². The van der Waals surface area contributed by atoms with Crippen molar-refractivity contribution in [3.8, 4) is 11.5 Å². The SMILES string of the molecule is C=CCOC(=O)C(N)(Cc1ccc(O)c(O)c1)OCCCCC. The predicted molar refractivity (Wildman–Crippen MR) is 87.0 cm³/mol. The Hall–Kier alpha value is -2.05. The average molecular weight is 323 g/mol. The van der Waals surface area contributed by atoms with Crippen LogP contribution in [-0.4, -0.2) is 35.1 Å². The lowest BCUT2D eigenvalue weighted by Gasteiger charge is -2.27. The number of carbonyl (C=O) groups is 1. The van der Waals surface area contributed by atoms with Gasteiger partial charge < -0.3 is 19.7 Å². The first-order valence-corrected chi connectivity index (χ1v) is 7.64. The third-order valence-corrected chi connectivity index (χ3v) is 3.29. The fourth-order valence-corrected chi connectivity index (χ4v) is 2.03. The van der Waals surface area contributed by atoms with Gasteiger partial charge in [0.15, 0.2) is 11.5 Å². The Labute approximate surface area is 136 Å². The number of phenols is 2. The Morgan fingerprint density at radius 1 is 1.35 bits per heavy atom. The summed E-state index contributed by atoms with van der Waals surface area (Å²) >= 11 is 0. The molecule has 0 heterocycles. The molecule has 0 amide bonds. The van der Waals surface area contributed by atoms with Gasteiger partial charge >= 0.3 is 5.97 Å². The van der Waals surface area contributed by atoms with Gasteiger partial charge in [-0.15, -0.1) is 0 Å². The number of ether oxygens (including phenoxy) is 2. The molecule has 0 fully saturated rings. The van der Waals surface area contributed by atoms with Gasteiger partial charge in [0.2, 0.25) is 5.72 Å². The van der Waals surface area contributed by atoms with Crippen molar-refractivity contribution >= 4 is 5.97 Å². The van der Waals surface area contributed by atoms with Crippen LogP contribution in [0.1, 0.15) is 31.7 Å². The molecule has 6 nitrogen and oxygen atoms in total. The van der Waals surface area contributed by atoms with Crippen molar-refractivity contribution in [2.24, 2.45) is 5.73 Å². The maximum absolute atomic E-state index is 12.2. The highest BCUT2D eigenvalue weighted by Gasteiger charge is 2.37. The number of rotatable bonds is 10. The van der Waals surface area contributed by atoms with Crippen molar-refractivity contribution < 1.29 is 24.5 Å². The molecule has 0 saturated carbocycles. The first-order chi connectivity index (χ1) is 10.9. The van der Waals surface area contributed by atoms with Crippen LogP contribution in [0.3, 0.4) is 0 Å². The monoisotopic (exact) mass is 323 g/mol. The summed E-state index contributed by atoms with van der Waals surface area (Å²) in [5.74, 6) is -1.22. The molecule has 0 aliphatic heterocycles. The molecule has 0 aliphatic rings. The molecule has 4 N–H and O–H groups in total. The molecule has 1 atom stereocenters. The fourth-order valence-electron chi connectivity index (χ4n) is 2.03. The van der Waals surface area contributed by atoms with E-state index in [1.165, 1.54) is 18.2 Å². The van der Waals surface area contributed by atoms with Gasteiger partial charge in [-0.3, -0.25) is 5.73 Å². The molecule has 1 aromatic rings. The summed E-state index contributed by atoms with van der Waals surface area (Å²) in [5.41, 5.74) is 5.01. The van der Waals surface area contributed by atoms with Crippen LogP contribution in [0.25, 0.3) is 0 Å². The van der Waals surface area contributed by atoms with Crippen molar-refractivity contribution in [3.05, 3.63) is 36.4 Å². The highest BCUT2D eigenvalue weighted by Crippen LogP contribution is 2.27. The Kier molecular flexibility index (Phi) is 7.57. The lowest BCUT2D eigenvalue weighted by Crippen LogP contribution is -2.53. The number of unbranched alkanes of at least 4 members (excludes halogenated alkanes) is 2. The zero-order valence-electron chi connectivity index (χ0n) is 13.5. The van der Waals surface area contributed by atoms with E-state index in [1.807, 2.05) is 0 Å². The fraction of sp³-hybridized carbons (Fsp3) is 0.471. The number of esters is 1. The third kappa shape index (κ3) is 5.92. The molecule has 1 aromatic carbocycles. The predicted octanol–water partition coefficient (Wildman–Crippen LogP) is 2.23. The molecule has 23 heavy (non-hydrogen) atoms. The quantitative estimate of drug-likeness (QED) is 0.201. The topological polar surface area (TPSA) is 102 Å². The van der Waals surface area contributed by atoms with E-state index in [1.54, 1.807) is 6.07 Å². The third-order valence-electron chi connectivity index (χ3n) is 3.29. The van der Waals surface area contributed by atoms with E-state index in [4.69, 9.17) is 15.2 Å². The Bertz CT molecular complexity index is 532. The summed E-state index contributed by atoms with van der Waals surface area (Å²) < 4.78 is 10.6. The summed E-state index contributed by atoms with van der Waals surface area (Å²) in [6.07, 6.45) is 4.24. The van der Waals surface area contributed by atoms with Crippen molar-refractivity contribution in [2.45, 2.75) is 38.3 Å². The zero-order valence-corrected chi connectivity index (χ0v) is 13.5. The number of benzene rings is 1. The summed E-state index contributed by atoms with van der Waals surface area (Å²) in [4.78, 5) is 12.2. The smallest absolute Gasteiger partial charge is 0.354 e. The van der Waals surface area contributed by atoms with E-state index < -0.39 is 11.7 Å². The van der Waals surface area contributed by atoms with Crippen LogP contribution in [0.4, 0.5) is 0 Å². The van der Waals surface area contributed by atoms with E-state index >= 15 is 0 Å². The maximum atomic E-state index is 12.2. The molecular formula is C17H25NO5. The number of hydrogen-bond acceptors (Lipinski definition) is 6. The van der Waals surface area contributed by atoms with E-state index in [-0.39, 0.29) is 24.5 Å². The summed E-state index contributed by atoms with van der Waals surface area (Å²) in [7, 11) is 0. The van der Waals surface area contributed by atoms with Gasteiger partial charge in [-0.1, -0.05) is 38.5 Å². The Balaban J connectivity index is 2.85. The number of carbonyl (C=O) groups excluding carboxylic acids is 1. The molecule has 0 spiro atoms. The van der Waals surface area contributed by atoms with Crippen molar-refractivity contribution in [2.75, 3.05) is 13.2 Å². The molecular weight excluding hydrogens is 298 g/mol. The minimum Gasteiger partial charge on any atom is -0.504 e. The summed E-state index contributed by atoms with van der Waals surface area (Å²) in [6, 6.07) is 4.23. The summed E-state index contributed by atoms with van der Waals surface area (Å²) in [5, 5.41) is 18.9. The van der Waals surface area contributed by atoms with Crippen LogP contribution in [0.5, 0.6) is 11.5 Å². The normalized spacial score (nSPS) is 13.3. The van der Waals surface area contributed by atoms with Gasteiger partial charge in [0, 0.05) is 13.0 Å². The minimum atomic E-state index is -1.65. The molecule has 0 aliphatic carbocycles. The number of nitrogens with two attached hydrogens (primary N) is 1. The lowest BCUT2D eigenvalue weighted by molar-refractivity contribution is -0.171.